The second kappa shape index (κ2) is 5.27. The minimum Gasteiger partial charge on any atom is -0.244 e. The molecule has 1 fully saturated rings. The lowest BCUT2D eigenvalue weighted by atomic mass is 10.2. The summed E-state index contributed by atoms with van der Waals surface area (Å²) >= 11 is 0. The van der Waals surface area contributed by atoms with E-state index < -0.39 is 10.0 Å². The highest BCUT2D eigenvalue weighted by atomic mass is 32.2. The van der Waals surface area contributed by atoms with E-state index in [1.807, 2.05) is 19.9 Å². The van der Waals surface area contributed by atoms with Crippen LogP contribution < -0.4 is 0 Å². The Morgan fingerprint density at radius 3 is 2.58 bits per heavy atom. The van der Waals surface area contributed by atoms with E-state index in [-0.39, 0.29) is 22.5 Å². The number of sulfonamides is 1. The summed E-state index contributed by atoms with van der Waals surface area (Å²) in [5.74, 6) is 0.279. The van der Waals surface area contributed by atoms with Gasteiger partial charge in [0.05, 0.1) is 0 Å². The van der Waals surface area contributed by atoms with Crippen molar-refractivity contribution >= 4 is 10.0 Å². The summed E-state index contributed by atoms with van der Waals surface area (Å²) in [6, 6.07) is 4.90. The molecule has 0 aliphatic heterocycles. The normalized spacial score (nSPS) is 15.7. The molecule has 1 aromatic rings. The van der Waals surface area contributed by atoms with Crippen molar-refractivity contribution in [2.75, 3.05) is 6.54 Å². The smallest absolute Gasteiger partial charge is 0.244 e. The van der Waals surface area contributed by atoms with Crippen LogP contribution in [0.25, 0.3) is 0 Å². The Morgan fingerprint density at radius 1 is 1.47 bits per heavy atom. The van der Waals surface area contributed by atoms with Gasteiger partial charge in [0.2, 0.25) is 10.0 Å². The molecule has 1 saturated carbocycles. The minimum atomic E-state index is -3.50. The molecule has 1 aliphatic rings. The molecule has 0 amide bonds. The van der Waals surface area contributed by atoms with E-state index in [4.69, 9.17) is 5.26 Å². The van der Waals surface area contributed by atoms with Gasteiger partial charge in [-0.15, -0.1) is 0 Å². The molecule has 0 unspecified atom stereocenters. The number of hydrogen-bond acceptors (Lipinski definition) is 4. The van der Waals surface area contributed by atoms with Crippen LogP contribution in [0.4, 0.5) is 0 Å². The lowest BCUT2D eigenvalue weighted by Crippen LogP contribution is -2.36. The zero-order valence-corrected chi connectivity index (χ0v) is 11.9. The fraction of sp³-hybridized carbons (Fsp3) is 0.538. The van der Waals surface area contributed by atoms with Gasteiger partial charge in [-0.2, -0.15) is 9.57 Å². The first kappa shape index (κ1) is 14.0. The fourth-order valence-electron chi connectivity index (χ4n) is 1.90. The molecule has 0 aromatic carbocycles. The van der Waals surface area contributed by atoms with Crippen LogP contribution in [0, 0.1) is 17.2 Å². The van der Waals surface area contributed by atoms with Crippen LogP contribution in [-0.4, -0.2) is 30.3 Å². The van der Waals surface area contributed by atoms with Crippen molar-refractivity contribution in [3.05, 3.63) is 24.0 Å². The molecule has 2 rings (SSSR count). The molecule has 0 atom stereocenters. The molecule has 0 spiro atoms. The summed E-state index contributed by atoms with van der Waals surface area (Å²) in [6.07, 6.45) is 3.12. The molecule has 0 bridgehead atoms. The molecular formula is C13H17N3O2S. The van der Waals surface area contributed by atoms with Crippen LogP contribution in [0.1, 0.15) is 32.4 Å². The molecule has 1 aliphatic carbocycles. The average molecular weight is 279 g/mol. The molecule has 5 nitrogen and oxygen atoms in total. The van der Waals surface area contributed by atoms with Gasteiger partial charge in [0, 0.05) is 18.8 Å². The van der Waals surface area contributed by atoms with Crippen molar-refractivity contribution in [3.63, 3.8) is 0 Å². The summed E-state index contributed by atoms with van der Waals surface area (Å²) < 4.78 is 26.7. The summed E-state index contributed by atoms with van der Waals surface area (Å²) in [5, 5.41) is 8.69. The Labute approximate surface area is 113 Å². The molecule has 0 N–H and O–H groups in total. The van der Waals surface area contributed by atoms with E-state index in [0.29, 0.717) is 6.54 Å². The Balaban J connectivity index is 2.30. The van der Waals surface area contributed by atoms with Gasteiger partial charge in [-0.25, -0.2) is 13.4 Å². The van der Waals surface area contributed by atoms with Gasteiger partial charge >= 0.3 is 0 Å². The summed E-state index contributed by atoms with van der Waals surface area (Å²) in [7, 11) is -3.50. The Kier molecular flexibility index (Phi) is 3.88. The van der Waals surface area contributed by atoms with E-state index in [1.54, 1.807) is 4.31 Å². The minimum absolute atomic E-state index is 0.128. The quantitative estimate of drug-likeness (QED) is 0.823. The molecule has 0 radical (unpaired) electrons. The number of aromatic nitrogens is 1. The van der Waals surface area contributed by atoms with Gasteiger partial charge in [-0.05, 0) is 30.9 Å². The average Bonchev–Trinajstić information content (AvgIpc) is 3.20. The first-order chi connectivity index (χ1) is 8.95. The number of pyridine rings is 1. The number of nitrogens with zero attached hydrogens (tertiary/aromatic N) is 3. The van der Waals surface area contributed by atoms with Crippen LogP contribution in [0.5, 0.6) is 0 Å². The predicted molar refractivity (Wildman–Crippen MR) is 70.7 cm³/mol. The molecule has 1 aromatic heterocycles. The molecule has 19 heavy (non-hydrogen) atoms. The van der Waals surface area contributed by atoms with Gasteiger partial charge in [0.1, 0.15) is 16.7 Å². The lowest BCUT2D eigenvalue weighted by molar-refractivity contribution is 0.360. The maximum Gasteiger partial charge on any atom is 0.244 e. The van der Waals surface area contributed by atoms with Crippen LogP contribution in [0.3, 0.4) is 0 Å². The van der Waals surface area contributed by atoms with Crippen molar-refractivity contribution in [1.82, 2.24) is 9.29 Å². The fourth-order valence-corrected chi connectivity index (χ4v) is 3.69. The van der Waals surface area contributed by atoms with Crippen molar-refractivity contribution in [2.45, 2.75) is 37.6 Å². The van der Waals surface area contributed by atoms with E-state index in [2.05, 4.69) is 4.98 Å². The Morgan fingerprint density at radius 2 is 2.16 bits per heavy atom. The summed E-state index contributed by atoms with van der Waals surface area (Å²) in [4.78, 5) is 4.00. The third-order valence-corrected chi connectivity index (χ3v) is 4.86. The van der Waals surface area contributed by atoms with Crippen LogP contribution in [0.15, 0.2) is 23.2 Å². The van der Waals surface area contributed by atoms with Crippen molar-refractivity contribution in [3.8, 4) is 6.07 Å². The van der Waals surface area contributed by atoms with E-state index in [0.717, 1.165) is 12.8 Å². The van der Waals surface area contributed by atoms with Gasteiger partial charge in [-0.3, -0.25) is 0 Å². The highest BCUT2D eigenvalue weighted by Crippen LogP contribution is 2.32. The van der Waals surface area contributed by atoms with Crippen molar-refractivity contribution in [1.29, 1.82) is 5.26 Å². The zero-order valence-electron chi connectivity index (χ0n) is 11.1. The Hall–Kier alpha value is -1.45. The SMILES string of the molecule is CC(C)CN(C1CC1)S(=O)(=O)c1ccc(C#N)nc1. The van der Waals surface area contributed by atoms with Gasteiger partial charge in [-0.1, -0.05) is 13.8 Å². The number of nitriles is 1. The molecule has 6 heteroatoms. The zero-order chi connectivity index (χ0) is 14.0. The maximum absolute atomic E-state index is 12.6. The lowest BCUT2D eigenvalue weighted by Gasteiger charge is -2.23. The second-order valence-corrected chi connectivity index (χ2v) is 7.08. The third kappa shape index (κ3) is 3.11. The second-order valence-electron chi connectivity index (χ2n) is 5.19. The molecule has 1 heterocycles. The first-order valence-electron chi connectivity index (χ1n) is 6.33. The predicted octanol–water partition coefficient (Wildman–Crippen LogP) is 1.76. The van der Waals surface area contributed by atoms with Gasteiger partial charge in [0.15, 0.2) is 0 Å². The highest BCUT2D eigenvalue weighted by Gasteiger charge is 2.38. The first-order valence-corrected chi connectivity index (χ1v) is 7.77. The van der Waals surface area contributed by atoms with E-state index in [9.17, 15) is 8.42 Å². The topological polar surface area (TPSA) is 74.1 Å². The van der Waals surface area contributed by atoms with E-state index in [1.165, 1.54) is 18.3 Å². The molecule has 102 valence electrons. The molecular weight excluding hydrogens is 262 g/mol. The van der Waals surface area contributed by atoms with Crippen LogP contribution >= 0.6 is 0 Å². The van der Waals surface area contributed by atoms with Crippen molar-refractivity contribution < 1.29 is 8.42 Å². The monoisotopic (exact) mass is 279 g/mol. The standard InChI is InChI=1S/C13H17N3O2S/c1-10(2)9-16(12-4-5-12)19(17,18)13-6-3-11(7-14)15-8-13/h3,6,8,10,12H,4-5,9H2,1-2H3. The molecule has 0 saturated heterocycles. The Bertz CT molecular complexity index is 583. The number of rotatable bonds is 5. The van der Waals surface area contributed by atoms with Gasteiger partial charge < -0.3 is 0 Å². The maximum atomic E-state index is 12.6. The third-order valence-electron chi connectivity index (χ3n) is 2.96. The van der Waals surface area contributed by atoms with Crippen molar-refractivity contribution in [2.24, 2.45) is 5.92 Å². The number of hydrogen-bond donors (Lipinski definition) is 0. The van der Waals surface area contributed by atoms with E-state index >= 15 is 0 Å². The van der Waals surface area contributed by atoms with Gasteiger partial charge in [0.25, 0.3) is 0 Å². The highest BCUT2D eigenvalue weighted by molar-refractivity contribution is 7.89. The largest absolute Gasteiger partial charge is 0.244 e. The summed E-state index contributed by atoms with van der Waals surface area (Å²) in [6.45, 7) is 4.52. The van der Waals surface area contributed by atoms with Crippen LogP contribution in [-0.2, 0) is 10.0 Å². The summed E-state index contributed by atoms with van der Waals surface area (Å²) in [5.41, 5.74) is 0.223. The van der Waals surface area contributed by atoms with Crippen LogP contribution in [0.2, 0.25) is 0 Å².